The van der Waals surface area contributed by atoms with Crippen LogP contribution in [0, 0.1) is 0 Å². The Kier molecular flexibility index (Phi) is 3.48. The van der Waals surface area contributed by atoms with Crippen molar-refractivity contribution in [3.05, 3.63) is 18.6 Å². The number of rotatable bonds is 4. The zero-order chi connectivity index (χ0) is 14.1. The van der Waals surface area contributed by atoms with Gasteiger partial charge >= 0.3 is 0 Å². The van der Waals surface area contributed by atoms with Crippen LogP contribution in [0.3, 0.4) is 0 Å². The van der Waals surface area contributed by atoms with Crippen molar-refractivity contribution in [2.75, 3.05) is 36.8 Å². The molecule has 1 unspecified atom stereocenters. The highest BCUT2D eigenvalue weighted by atomic mass is 15.3. The SMILES string of the molecule is CCN(CC)C1CCN(c2nc(N)cn3ccnc23)C1. The second kappa shape index (κ2) is 5.28. The minimum absolute atomic E-state index is 0.539. The normalized spacial score (nSPS) is 19.4. The maximum Gasteiger partial charge on any atom is 0.180 e. The van der Waals surface area contributed by atoms with Crippen molar-refractivity contribution >= 4 is 17.3 Å². The molecule has 1 aliphatic rings. The van der Waals surface area contributed by atoms with Crippen molar-refractivity contribution in [1.82, 2.24) is 19.3 Å². The molecule has 0 saturated carbocycles. The molecule has 0 aliphatic carbocycles. The molecule has 108 valence electrons. The molecular formula is C14H22N6. The van der Waals surface area contributed by atoms with Crippen LogP contribution >= 0.6 is 0 Å². The average Bonchev–Trinajstić information content (AvgIpc) is 3.08. The summed E-state index contributed by atoms with van der Waals surface area (Å²) < 4.78 is 1.95. The van der Waals surface area contributed by atoms with E-state index in [1.807, 2.05) is 16.8 Å². The molecule has 0 radical (unpaired) electrons. The molecule has 1 aliphatic heterocycles. The van der Waals surface area contributed by atoms with Gasteiger partial charge in [-0.15, -0.1) is 0 Å². The number of fused-ring (bicyclic) bond motifs is 1. The number of hydrogen-bond donors (Lipinski definition) is 1. The van der Waals surface area contributed by atoms with E-state index < -0.39 is 0 Å². The zero-order valence-electron chi connectivity index (χ0n) is 12.2. The van der Waals surface area contributed by atoms with Gasteiger partial charge in [-0.05, 0) is 19.5 Å². The van der Waals surface area contributed by atoms with E-state index in [2.05, 4.69) is 33.6 Å². The summed E-state index contributed by atoms with van der Waals surface area (Å²) in [6.45, 7) is 8.65. The van der Waals surface area contributed by atoms with Crippen molar-refractivity contribution in [3.63, 3.8) is 0 Å². The van der Waals surface area contributed by atoms with E-state index in [1.165, 1.54) is 6.42 Å². The van der Waals surface area contributed by atoms with Crippen LogP contribution in [-0.4, -0.2) is 51.5 Å². The smallest absolute Gasteiger partial charge is 0.180 e. The molecule has 1 saturated heterocycles. The summed E-state index contributed by atoms with van der Waals surface area (Å²) in [7, 11) is 0. The fourth-order valence-electron chi connectivity index (χ4n) is 3.12. The fraction of sp³-hybridized carbons (Fsp3) is 0.571. The van der Waals surface area contributed by atoms with Gasteiger partial charge in [0.1, 0.15) is 5.82 Å². The van der Waals surface area contributed by atoms with Crippen molar-refractivity contribution in [3.8, 4) is 0 Å². The van der Waals surface area contributed by atoms with Crippen LogP contribution in [0.1, 0.15) is 20.3 Å². The summed E-state index contributed by atoms with van der Waals surface area (Å²) in [4.78, 5) is 13.7. The van der Waals surface area contributed by atoms with Crippen LogP contribution in [0.15, 0.2) is 18.6 Å². The summed E-state index contributed by atoms with van der Waals surface area (Å²) in [5, 5.41) is 0. The Morgan fingerprint density at radius 3 is 2.95 bits per heavy atom. The summed E-state index contributed by atoms with van der Waals surface area (Å²) in [6, 6.07) is 0.600. The van der Waals surface area contributed by atoms with Gasteiger partial charge in [0, 0.05) is 31.5 Å². The van der Waals surface area contributed by atoms with Gasteiger partial charge in [-0.2, -0.15) is 0 Å². The van der Waals surface area contributed by atoms with E-state index in [1.54, 1.807) is 6.20 Å². The first-order valence-electron chi connectivity index (χ1n) is 7.31. The van der Waals surface area contributed by atoms with Gasteiger partial charge in [-0.1, -0.05) is 13.8 Å². The monoisotopic (exact) mass is 274 g/mol. The molecule has 2 aromatic heterocycles. The molecule has 2 aromatic rings. The molecule has 0 spiro atoms. The van der Waals surface area contributed by atoms with Gasteiger partial charge in [0.2, 0.25) is 0 Å². The Labute approximate surface area is 119 Å². The molecule has 0 bridgehead atoms. The molecule has 0 aromatic carbocycles. The number of aromatic nitrogens is 3. The lowest BCUT2D eigenvalue weighted by Crippen LogP contribution is -2.37. The van der Waals surface area contributed by atoms with E-state index in [0.717, 1.165) is 37.6 Å². The lowest BCUT2D eigenvalue weighted by molar-refractivity contribution is 0.232. The summed E-state index contributed by atoms with van der Waals surface area (Å²) in [5.74, 6) is 1.45. The Morgan fingerprint density at radius 1 is 1.40 bits per heavy atom. The van der Waals surface area contributed by atoms with E-state index in [-0.39, 0.29) is 0 Å². The van der Waals surface area contributed by atoms with E-state index >= 15 is 0 Å². The highest BCUT2D eigenvalue weighted by molar-refractivity contribution is 5.66. The predicted octanol–water partition coefficient (Wildman–Crippen LogP) is 1.23. The maximum atomic E-state index is 5.90. The Hall–Kier alpha value is -1.82. The quantitative estimate of drug-likeness (QED) is 0.908. The van der Waals surface area contributed by atoms with Gasteiger partial charge in [-0.3, -0.25) is 4.90 Å². The molecular weight excluding hydrogens is 252 g/mol. The minimum Gasteiger partial charge on any atom is -0.382 e. The average molecular weight is 274 g/mol. The number of imidazole rings is 1. The highest BCUT2D eigenvalue weighted by Gasteiger charge is 2.28. The Bertz CT molecular complexity index is 588. The summed E-state index contributed by atoms with van der Waals surface area (Å²) >= 11 is 0. The number of anilines is 2. The predicted molar refractivity (Wildman–Crippen MR) is 80.9 cm³/mol. The first kappa shape index (κ1) is 13.2. The molecule has 3 rings (SSSR count). The van der Waals surface area contributed by atoms with Crippen LogP contribution < -0.4 is 10.6 Å². The first-order valence-corrected chi connectivity index (χ1v) is 7.31. The van der Waals surface area contributed by atoms with Crippen molar-refractivity contribution in [2.45, 2.75) is 26.3 Å². The number of hydrogen-bond acceptors (Lipinski definition) is 5. The fourth-order valence-corrected chi connectivity index (χ4v) is 3.12. The molecule has 6 heteroatoms. The van der Waals surface area contributed by atoms with Crippen LogP contribution in [-0.2, 0) is 0 Å². The second-order valence-electron chi connectivity index (χ2n) is 5.26. The second-order valence-corrected chi connectivity index (χ2v) is 5.26. The maximum absolute atomic E-state index is 5.90. The van der Waals surface area contributed by atoms with Crippen LogP contribution in [0.5, 0.6) is 0 Å². The van der Waals surface area contributed by atoms with Crippen LogP contribution in [0.2, 0.25) is 0 Å². The van der Waals surface area contributed by atoms with Gasteiger partial charge < -0.3 is 15.0 Å². The van der Waals surface area contributed by atoms with Gasteiger partial charge in [-0.25, -0.2) is 9.97 Å². The van der Waals surface area contributed by atoms with Crippen LogP contribution in [0.25, 0.3) is 5.65 Å². The summed E-state index contributed by atoms with van der Waals surface area (Å²) in [5.41, 5.74) is 6.79. The number of likely N-dealkylation sites (N-methyl/N-ethyl adjacent to an activating group) is 1. The lowest BCUT2D eigenvalue weighted by Gasteiger charge is -2.26. The van der Waals surface area contributed by atoms with E-state index in [9.17, 15) is 0 Å². The highest BCUT2D eigenvalue weighted by Crippen LogP contribution is 2.25. The molecule has 6 nitrogen and oxygen atoms in total. The molecule has 3 heterocycles. The topological polar surface area (TPSA) is 62.7 Å². The molecule has 1 atom stereocenters. The van der Waals surface area contributed by atoms with Gasteiger partial charge in [0.15, 0.2) is 11.5 Å². The third kappa shape index (κ3) is 2.20. The van der Waals surface area contributed by atoms with Gasteiger partial charge in [0.05, 0.1) is 6.20 Å². The van der Waals surface area contributed by atoms with Crippen molar-refractivity contribution in [2.24, 2.45) is 0 Å². The van der Waals surface area contributed by atoms with E-state index in [4.69, 9.17) is 5.73 Å². The minimum atomic E-state index is 0.539. The Balaban J connectivity index is 1.87. The molecule has 0 amide bonds. The van der Waals surface area contributed by atoms with Crippen LogP contribution in [0.4, 0.5) is 11.6 Å². The van der Waals surface area contributed by atoms with Crippen molar-refractivity contribution in [1.29, 1.82) is 0 Å². The van der Waals surface area contributed by atoms with E-state index in [0.29, 0.717) is 11.9 Å². The number of nitrogens with two attached hydrogens (primary N) is 1. The standard InChI is InChI=1S/C14H22N6/c1-3-18(4-2)11-5-7-19(9-11)14-13-16-6-8-20(13)10-12(15)17-14/h6,8,10-11H,3-5,7,9,15H2,1-2H3. The zero-order valence-corrected chi connectivity index (χ0v) is 12.2. The third-order valence-electron chi connectivity index (χ3n) is 4.17. The third-order valence-corrected chi connectivity index (χ3v) is 4.17. The number of nitrogen functional groups attached to an aromatic ring is 1. The largest absolute Gasteiger partial charge is 0.382 e. The molecule has 20 heavy (non-hydrogen) atoms. The Morgan fingerprint density at radius 2 is 2.20 bits per heavy atom. The summed E-state index contributed by atoms with van der Waals surface area (Å²) in [6.07, 6.45) is 6.68. The lowest BCUT2D eigenvalue weighted by atomic mass is 10.2. The molecule has 1 fully saturated rings. The molecule has 2 N–H and O–H groups in total. The van der Waals surface area contributed by atoms with Gasteiger partial charge in [0.25, 0.3) is 0 Å². The first-order chi connectivity index (χ1) is 9.72. The number of nitrogens with zero attached hydrogens (tertiary/aromatic N) is 5. The van der Waals surface area contributed by atoms with Crippen molar-refractivity contribution < 1.29 is 0 Å².